The fourth-order valence-corrected chi connectivity index (χ4v) is 2.56. The predicted molar refractivity (Wildman–Crippen MR) is 75.2 cm³/mol. The Morgan fingerprint density at radius 2 is 2.19 bits per heavy atom. The van der Waals surface area contributed by atoms with Gasteiger partial charge in [-0.3, -0.25) is 18.7 Å². The van der Waals surface area contributed by atoms with Gasteiger partial charge in [0.1, 0.15) is 12.6 Å². The fourth-order valence-electron chi connectivity index (χ4n) is 2.09. The molecule has 0 bridgehead atoms. The Morgan fingerprint density at radius 1 is 1.52 bits per heavy atom. The summed E-state index contributed by atoms with van der Waals surface area (Å²) >= 11 is 3.03. The van der Waals surface area contributed by atoms with E-state index in [0.29, 0.717) is 0 Å². The van der Waals surface area contributed by atoms with E-state index in [1.807, 2.05) is 0 Å². The van der Waals surface area contributed by atoms with Gasteiger partial charge in [0, 0.05) is 6.20 Å². The molecule has 0 amide bonds. The van der Waals surface area contributed by atoms with Crippen LogP contribution in [0.4, 0.5) is 0 Å². The van der Waals surface area contributed by atoms with Crippen LogP contribution in [-0.4, -0.2) is 38.7 Å². The molecular formula is C12H15BrN2O6. The summed E-state index contributed by atoms with van der Waals surface area (Å²) in [5.74, 6) is -1.93. The van der Waals surface area contributed by atoms with Crippen LogP contribution < -0.4 is 11.2 Å². The van der Waals surface area contributed by atoms with Crippen molar-refractivity contribution in [1.82, 2.24) is 9.13 Å². The van der Waals surface area contributed by atoms with Crippen molar-refractivity contribution in [2.75, 3.05) is 6.61 Å². The van der Waals surface area contributed by atoms with Crippen LogP contribution in [0.2, 0.25) is 0 Å². The van der Waals surface area contributed by atoms with Gasteiger partial charge in [-0.15, -0.1) is 0 Å². The molecule has 0 aliphatic carbocycles. The van der Waals surface area contributed by atoms with Gasteiger partial charge >= 0.3 is 11.7 Å². The molecule has 1 aliphatic rings. The molecule has 1 aliphatic heterocycles. The molecule has 116 valence electrons. The van der Waals surface area contributed by atoms with Gasteiger partial charge in [-0.25, -0.2) is 4.79 Å². The van der Waals surface area contributed by atoms with E-state index in [-0.39, 0.29) is 17.6 Å². The molecule has 2 heterocycles. The number of carboxylic acid groups (broad SMARTS) is 1. The van der Waals surface area contributed by atoms with Gasteiger partial charge in [0.05, 0.1) is 17.6 Å². The summed E-state index contributed by atoms with van der Waals surface area (Å²) in [6.45, 7) is 3.20. The fraction of sp³-hybridized carbons (Fsp3) is 0.583. The minimum atomic E-state index is -1.17. The Hall–Kier alpha value is -1.45. The van der Waals surface area contributed by atoms with Crippen LogP contribution in [0.15, 0.2) is 20.3 Å². The van der Waals surface area contributed by atoms with Gasteiger partial charge in [0.25, 0.3) is 5.56 Å². The van der Waals surface area contributed by atoms with E-state index in [4.69, 9.17) is 14.6 Å². The second kappa shape index (κ2) is 5.74. The molecule has 21 heavy (non-hydrogen) atoms. The Morgan fingerprint density at radius 3 is 2.71 bits per heavy atom. The largest absolute Gasteiger partial charge is 0.480 e. The molecular weight excluding hydrogens is 348 g/mol. The third-order valence-electron chi connectivity index (χ3n) is 2.95. The van der Waals surface area contributed by atoms with Crippen LogP contribution in [0.5, 0.6) is 0 Å². The number of hydrogen-bond donors (Lipinski definition) is 1. The first-order valence-corrected chi connectivity index (χ1v) is 7.02. The Kier molecular flexibility index (Phi) is 4.35. The molecule has 1 aromatic rings. The third kappa shape index (κ3) is 3.60. The second-order valence-corrected chi connectivity index (χ2v) is 6.00. The number of nitrogens with zero attached hydrogens (tertiary/aromatic N) is 2. The van der Waals surface area contributed by atoms with Gasteiger partial charge in [-0.2, -0.15) is 0 Å². The zero-order valence-corrected chi connectivity index (χ0v) is 13.1. The maximum atomic E-state index is 12.2. The summed E-state index contributed by atoms with van der Waals surface area (Å²) in [6, 6.07) is 0. The van der Waals surface area contributed by atoms with E-state index in [1.165, 1.54) is 6.20 Å². The topological polar surface area (TPSA) is 99.8 Å². The standard InChI is InChI=1S/C12H15BrN2O6/c1-12(2)20-6-7(21-12)3-15-10(18)8(13)4-14(11(15)19)5-9(16)17/h4,7H,3,5-6H2,1-2H3,(H,16,17)/t7-/m1/s1. The zero-order valence-electron chi connectivity index (χ0n) is 11.5. The lowest BCUT2D eigenvalue weighted by molar-refractivity contribution is -0.139. The van der Waals surface area contributed by atoms with Crippen molar-refractivity contribution >= 4 is 21.9 Å². The van der Waals surface area contributed by atoms with Crippen LogP contribution in [0, 0.1) is 0 Å². The van der Waals surface area contributed by atoms with Gasteiger partial charge in [0.2, 0.25) is 0 Å². The molecule has 0 saturated carbocycles. The van der Waals surface area contributed by atoms with Crippen molar-refractivity contribution in [3.05, 3.63) is 31.5 Å². The van der Waals surface area contributed by atoms with Crippen molar-refractivity contribution in [3.8, 4) is 0 Å². The molecule has 0 aromatic carbocycles. The monoisotopic (exact) mass is 362 g/mol. The highest BCUT2D eigenvalue weighted by Crippen LogP contribution is 2.22. The lowest BCUT2D eigenvalue weighted by atomic mass is 10.3. The van der Waals surface area contributed by atoms with Crippen molar-refractivity contribution in [2.24, 2.45) is 0 Å². The van der Waals surface area contributed by atoms with E-state index >= 15 is 0 Å². The van der Waals surface area contributed by atoms with E-state index in [9.17, 15) is 14.4 Å². The molecule has 8 nitrogen and oxygen atoms in total. The number of hydrogen-bond acceptors (Lipinski definition) is 5. The van der Waals surface area contributed by atoms with E-state index in [2.05, 4.69) is 15.9 Å². The van der Waals surface area contributed by atoms with Crippen molar-refractivity contribution in [1.29, 1.82) is 0 Å². The van der Waals surface area contributed by atoms with Crippen LogP contribution in [0.1, 0.15) is 13.8 Å². The normalized spacial score (nSPS) is 20.6. The molecule has 0 unspecified atom stereocenters. The number of ether oxygens (including phenoxy) is 2. The molecule has 1 fully saturated rings. The summed E-state index contributed by atoms with van der Waals surface area (Å²) in [4.78, 5) is 35.0. The van der Waals surface area contributed by atoms with Gasteiger partial charge in [-0.1, -0.05) is 0 Å². The molecule has 1 atom stereocenters. The highest BCUT2D eigenvalue weighted by atomic mass is 79.9. The van der Waals surface area contributed by atoms with E-state index in [0.717, 1.165) is 9.13 Å². The first-order chi connectivity index (χ1) is 9.69. The van der Waals surface area contributed by atoms with Crippen LogP contribution >= 0.6 is 15.9 Å². The highest BCUT2D eigenvalue weighted by Gasteiger charge is 2.33. The average molecular weight is 363 g/mol. The maximum absolute atomic E-state index is 12.2. The highest BCUT2D eigenvalue weighted by molar-refractivity contribution is 9.10. The first-order valence-electron chi connectivity index (χ1n) is 6.23. The number of carboxylic acids is 1. The number of halogens is 1. The molecule has 2 rings (SSSR count). The van der Waals surface area contributed by atoms with Crippen molar-refractivity contribution < 1.29 is 19.4 Å². The van der Waals surface area contributed by atoms with Crippen molar-refractivity contribution in [2.45, 2.75) is 38.8 Å². The summed E-state index contributed by atoms with van der Waals surface area (Å²) in [6.07, 6.45) is 0.726. The molecule has 0 spiro atoms. The Bertz CT molecular complexity index is 677. The Labute approximate surface area is 128 Å². The van der Waals surface area contributed by atoms with Gasteiger partial charge in [0.15, 0.2) is 5.79 Å². The SMILES string of the molecule is CC1(C)OC[C@@H](Cn2c(=O)c(Br)cn(CC(=O)O)c2=O)O1. The zero-order chi connectivity index (χ0) is 15.8. The smallest absolute Gasteiger partial charge is 0.331 e. The van der Waals surface area contributed by atoms with Crippen LogP contribution in [0.25, 0.3) is 0 Å². The Balaban J connectivity index is 2.35. The molecule has 1 aromatic heterocycles. The molecule has 9 heteroatoms. The number of rotatable bonds is 4. The van der Waals surface area contributed by atoms with E-state index in [1.54, 1.807) is 13.8 Å². The van der Waals surface area contributed by atoms with E-state index < -0.39 is 35.7 Å². The minimum Gasteiger partial charge on any atom is -0.480 e. The third-order valence-corrected chi connectivity index (χ3v) is 3.50. The number of aliphatic carboxylic acids is 1. The van der Waals surface area contributed by atoms with Gasteiger partial charge in [-0.05, 0) is 29.8 Å². The summed E-state index contributed by atoms with van der Waals surface area (Å²) in [5, 5.41) is 8.79. The summed E-state index contributed by atoms with van der Waals surface area (Å²) in [7, 11) is 0. The lowest BCUT2D eigenvalue weighted by Crippen LogP contribution is -2.43. The first kappa shape index (κ1) is 15.9. The molecule has 1 saturated heterocycles. The predicted octanol–water partition coefficient (Wildman–Crippen LogP) is 0.00860. The minimum absolute atomic E-state index is 0.000154. The summed E-state index contributed by atoms with van der Waals surface area (Å²) in [5.41, 5.74) is -1.23. The molecule has 1 N–H and O–H groups in total. The van der Waals surface area contributed by atoms with Crippen LogP contribution in [-0.2, 0) is 27.4 Å². The van der Waals surface area contributed by atoms with Crippen LogP contribution in [0.3, 0.4) is 0 Å². The number of carbonyl (C=O) groups is 1. The second-order valence-electron chi connectivity index (χ2n) is 5.15. The quantitative estimate of drug-likeness (QED) is 0.809. The average Bonchev–Trinajstić information content (AvgIpc) is 2.70. The van der Waals surface area contributed by atoms with Gasteiger partial charge < -0.3 is 14.6 Å². The molecule has 0 radical (unpaired) electrons. The number of aromatic nitrogens is 2. The maximum Gasteiger partial charge on any atom is 0.331 e. The summed E-state index contributed by atoms with van der Waals surface area (Å²) < 4.78 is 13.0. The van der Waals surface area contributed by atoms with Crippen molar-refractivity contribution in [3.63, 3.8) is 0 Å². The lowest BCUT2D eigenvalue weighted by Gasteiger charge is -2.17.